The molecule has 0 saturated heterocycles. The standard InChI is InChI=1S/C11H15NO/c1-12(2)11-9-6-4-3-5-8(9)7-10(11)13/h3-6,10-11,13H,7H2,1-2H3/t10-,11+/m1/s1. The fourth-order valence-electron chi connectivity index (χ4n) is 2.18. The van der Waals surface area contributed by atoms with Crippen molar-refractivity contribution in [2.45, 2.75) is 18.6 Å². The van der Waals surface area contributed by atoms with Crippen LogP contribution in [0, 0.1) is 0 Å². The monoisotopic (exact) mass is 177 g/mol. The fraction of sp³-hybridized carbons (Fsp3) is 0.455. The van der Waals surface area contributed by atoms with Crippen LogP contribution in [0.2, 0.25) is 0 Å². The number of hydrogen-bond donors (Lipinski definition) is 1. The molecule has 1 aliphatic carbocycles. The van der Waals surface area contributed by atoms with Gasteiger partial charge in [-0.2, -0.15) is 0 Å². The molecule has 0 bridgehead atoms. The van der Waals surface area contributed by atoms with Crippen LogP contribution in [0.15, 0.2) is 24.3 Å². The number of nitrogens with zero attached hydrogens (tertiary/aromatic N) is 1. The van der Waals surface area contributed by atoms with Crippen molar-refractivity contribution >= 4 is 0 Å². The van der Waals surface area contributed by atoms with Gasteiger partial charge in [-0.3, -0.25) is 0 Å². The van der Waals surface area contributed by atoms with E-state index in [1.165, 1.54) is 11.1 Å². The minimum Gasteiger partial charge on any atom is -0.391 e. The first-order valence-electron chi connectivity index (χ1n) is 4.62. The number of aliphatic hydroxyl groups is 1. The van der Waals surface area contributed by atoms with Crippen LogP contribution in [0.3, 0.4) is 0 Å². The van der Waals surface area contributed by atoms with Crippen molar-refractivity contribution in [3.63, 3.8) is 0 Å². The second-order valence-electron chi connectivity index (χ2n) is 3.88. The van der Waals surface area contributed by atoms with Crippen LogP contribution in [0.1, 0.15) is 17.2 Å². The summed E-state index contributed by atoms with van der Waals surface area (Å²) in [5, 5.41) is 9.84. The van der Waals surface area contributed by atoms with Crippen molar-refractivity contribution in [3.8, 4) is 0 Å². The molecule has 0 unspecified atom stereocenters. The third-order valence-electron chi connectivity index (χ3n) is 2.72. The highest BCUT2D eigenvalue weighted by Gasteiger charge is 2.31. The van der Waals surface area contributed by atoms with Crippen LogP contribution in [0.4, 0.5) is 0 Å². The van der Waals surface area contributed by atoms with Crippen LogP contribution in [-0.2, 0) is 6.42 Å². The summed E-state index contributed by atoms with van der Waals surface area (Å²) in [5.74, 6) is 0. The quantitative estimate of drug-likeness (QED) is 0.697. The molecule has 0 spiro atoms. The summed E-state index contributed by atoms with van der Waals surface area (Å²) in [5.41, 5.74) is 2.56. The molecule has 13 heavy (non-hydrogen) atoms. The number of fused-ring (bicyclic) bond motifs is 1. The Morgan fingerprint density at radius 2 is 2.00 bits per heavy atom. The van der Waals surface area contributed by atoms with Gasteiger partial charge in [-0.05, 0) is 25.2 Å². The van der Waals surface area contributed by atoms with Crippen LogP contribution in [0.5, 0.6) is 0 Å². The molecule has 0 heterocycles. The van der Waals surface area contributed by atoms with Crippen molar-refractivity contribution in [1.82, 2.24) is 4.90 Å². The Balaban J connectivity index is 2.40. The molecule has 1 aliphatic rings. The van der Waals surface area contributed by atoms with E-state index < -0.39 is 0 Å². The van der Waals surface area contributed by atoms with Crippen molar-refractivity contribution in [1.29, 1.82) is 0 Å². The Morgan fingerprint density at radius 1 is 1.31 bits per heavy atom. The van der Waals surface area contributed by atoms with E-state index in [1.54, 1.807) is 0 Å². The van der Waals surface area contributed by atoms with Crippen LogP contribution >= 0.6 is 0 Å². The van der Waals surface area contributed by atoms with Crippen LogP contribution in [-0.4, -0.2) is 30.2 Å². The zero-order valence-electron chi connectivity index (χ0n) is 8.07. The lowest BCUT2D eigenvalue weighted by Gasteiger charge is -2.23. The van der Waals surface area contributed by atoms with Gasteiger partial charge in [0.1, 0.15) is 0 Å². The Labute approximate surface area is 78.8 Å². The van der Waals surface area contributed by atoms with E-state index in [4.69, 9.17) is 0 Å². The highest BCUT2D eigenvalue weighted by atomic mass is 16.3. The Hall–Kier alpha value is -0.860. The van der Waals surface area contributed by atoms with Crippen LogP contribution < -0.4 is 0 Å². The van der Waals surface area contributed by atoms with Gasteiger partial charge in [0.15, 0.2) is 0 Å². The van der Waals surface area contributed by atoms with Gasteiger partial charge < -0.3 is 10.0 Å². The van der Waals surface area contributed by atoms with Gasteiger partial charge >= 0.3 is 0 Å². The number of benzene rings is 1. The Kier molecular flexibility index (Phi) is 2.10. The normalized spacial score (nSPS) is 26.5. The zero-order valence-corrected chi connectivity index (χ0v) is 8.07. The predicted molar refractivity (Wildman–Crippen MR) is 52.6 cm³/mol. The third kappa shape index (κ3) is 1.36. The molecular weight excluding hydrogens is 162 g/mol. The lowest BCUT2D eigenvalue weighted by Crippen LogP contribution is -2.27. The summed E-state index contributed by atoms with van der Waals surface area (Å²) < 4.78 is 0. The lowest BCUT2D eigenvalue weighted by molar-refractivity contribution is 0.0902. The number of rotatable bonds is 1. The largest absolute Gasteiger partial charge is 0.391 e. The lowest BCUT2D eigenvalue weighted by atomic mass is 10.1. The maximum Gasteiger partial charge on any atom is 0.0777 e. The molecule has 2 nitrogen and oxygen atoms in total. The van der Waals surface area contributed by atoms with Gasteiger partial charge in [0.2, 0.25) is 0 Å². The fourth-order valence-corrected chi connectivity index (χ4v) is 2.18. The maximum atomic E-state index is 9.84. The molecule has 0 saturated carbocycles. The smallest absolute Gasteiger partial charge is 0.0777 e. The summed E-state index contributed by atoms with van der Waals surface area (Å²) in [6.45, 7) is 0. The molecule has 2 atom stereocenters. The number of aliphatic hydroxyl groups excluding tert-OH is 1. The summed E-state index contributed by atoms with van der Waals surface area (Å²) in [6.07, 6.45) is 0.548. The van der Waals surface area contributed by atoms with E-state index in [2.05, 4.69) is 17.0 Å². The van der Waals surface area contributed by atoms with Crippen molar-refractivity contribution in [2.75, 3.05) is 14.1 Å². The van der Waals surface area contributed by atoms with Crippen molar-refractivity contribution in [3.05, 3.63) is 35.4 Å². The first-order valence-corrected chi connectivity index (χ1v) is 4.62. The molecular formula is C11H15NO. The average molecular weight is 177 g/mol. The highest BCUT2D eigenvalue weighted by Crippen LogP contribution is 2.34. The molecule has 0 aromatic heterocycles. The first kappa shape index (κ1) is 8.73. The summed E-state index contributed by atoms with van der Waals surface area (Å²) in [4.78, 5) is 2.08. The second-order valence-corrected chi connectivity index (χ2v) is 3.88. The van der Waals surface area contributed by atoms with E-state index in [0.717, 1.165) is 6.42 Å². The third-order valence-corrected chi connectivity index (χ3v) is 2.72. The van der Waals surface area contributed by atoms with Gasteiger partial charge in [-0.1, -0.05) is 24.3 Å². The van der Waals surface area contributed by atoms with Gasteiger partial charge in [0.05, 0.1) is 12.1 Å². The minimum absolute atomic E-state index is 0.177. The topological polar surface area (TPSA) is 23.5 Å². The van der Waals surface area contributed by atoms with Crippen molar-refractivity contribution < 1.29 is 5.11 Å². The van der Waals surface area contributed by atoms with E-state index in [0.29, 0.717) is 0 Å². The van der Waals surface area contributed by atoms with E-state index in [9.17, 15) is 5.11 Å². The summed E-state index contributed by atoms with van der Waals surface area (Å²) >= 11 is 0. The van der Waals surface area contributed by atoms with E-state index in [-0.39, 0.29) is 12.1 Å². The molecule has 0 fully saturated rings. The van der Waals surface area contributed by atoms with Crippen LogP contribution in [0.25, 0.3) is 0 Å². The molecule has 1 N–H and O–H groups in total. The molecule has 70 valence electrons. The molecule has 2 rings (SSSR count). The number of hydrogen-bond acceptors (Lipinski definition) is 2. The molecule has 1 aromatic rings. The molecule has 0 aliphatic heterocycles. The van der Waals surface area contributed by atoms with Gasteiger partial charge in [-0.15, -0.1) is 0 Å². The van der Waals surface area contributed by atoms with Gasteiger partial charge in [0, 0.05) is 6.42 Å². The molecule has 2 heteroatoms. The number of likely N-dealkylation sites (N-methyl/N-ethyl adjacent to an activating group) is 1. The molecule has 1 aromatic carbocycles. The summed E-state index contributed by atoms with van der Waals surface area (Å²) in [7, 11) is 4.02. The van der Waals surface area contributed by atoms with Gasteiger partial charge in [0.25, 0.3) is 0 Å². The first-order chi connectivity index (χ1) is 6.20. The molecule has 0 radical (unpaired) electrons. The average Bonchev–Trinajstić information content (AvgIpc) is 2.39. The van der Waals surface area contributed by atoms with Gasteiger partial charge in [-0.25, -0.2) is 0 Å². The zero-order chi connectivity index (χ0) is 9.42. The van der Waals surface area contributed by atoms with Crippen molar-refractivity contribution in [2.24, 2.45) is 0 Å². The second kappa shape index (κ2) is 3.13. The minimum atomic E-state index is -0.243. The Bertz CT molecular complexity index is 309. The maximum absolute atomic E-state index is 9.84. The summed E-state index contributed by atoms with van der Waals surface area (Å²) in [6, 6.07) is 8.45. The Morgan fingerprint density at radius 3 is 2.69 bits per heavy atom. The predicted octanol–water partition coefficient (Wildman–Crippen LogP) is 1.21. The van der Waals surface area contributed by atoms with E-state index in [1.807, 2.05) is 26.2 Å². The molecule has 0 amide bonds. The SMILES string of the molecule is CN(C)[C@H]1c2ccccc2C[C@H]1O. The van der Waals surface area contributed by atoms with E-state index >= 15 is 0 Å². The highest BCUT2D eigenvalue weighted by molar-refractivity contribution is 5.36.